The molecule has 2 aromatic rings. The van der Waals surface area contributed by atoms with Gasteiger partial charge in [0.15, 0.2) is 0 Å². The number of aromatic amines is 1. The van der Waals surface area contributed by atoms with Gasteiger partial charge in [-0.25, -0.2) is 0 Å². The van der Waals surface area contributed by atoms with E-state index in [1.807, 2.05) is 18.0 Å². The molecule has 1 aromatic carbocycles. The Morgan fingerprint density at radius 2 is 2.00 bits per heavy atom. The fourth-order valence-corrected chi connectivity index (χ4v) is 4.06. The topological polar surface area (TPSA) is 42.6 Å². The first kappa shape index (κ1) is 16.6. The Labute approximate surface area is 149 Å². The van der Waals surface area contributed by atoms with Crippen molar-refractivity contribution in [1.29, 1.82) is 0 Å². The largest absolute Gasteiger partial charge is 0.358 e. The van der Waals surface area contributed by atoms with Gasteiger partial charge in [0.2, 0.25) is 0 Å². The zero-order valence-corrected chi connectivity index (χ0v) is 15.3. The Morgan fingerprint density at radius 3 is 2.80 bits per heavy atom. The Hall–Kier alpha value is -1.85. The summed E-state index contributed by atoms with van der Waals surface area (Å²) in [7, 11) is 4.09. The fourth-order valence-electron chi connectivity index (χ4n) is 4.06. The van der Waals surface area contributed by atoms with Crippen LogP contribution in [0.4, 0.5) is 0 Å². The molecule has 1 aromatic heterocycles. The molecule has 1 saturated heterocycles. The first-order chi connectivity index (χ1) is 12.1. The maximum absolute atomic E-state index is 12.8. The van der Waals surface area contributed by atoms with Crippen LogP contribution in [0.2, 0.25) is 0 Å². The lowest BCUT2D eigenvalue weighted by Crippen LogP contribution is -2.47. The van der Waals surface area contributed by atoms with E-state index in [1.165, 1.54) is 28.6 Å². The number of nitrogens with zero attached hydrogens (tertiary/aromatic N) is 3. The number of fused-ring (bicyclic) bond motifs is 3. The first-order valence-corrected chi connectivity index (χ1v) is 9.41. The van der Waals surface area contributed by atoms with Gasteiger partial charge in [0, 0.05) is 68.5 Å². The van der Waals surface area contributed by atoms with Crippen LogP contribution in [0.3, 0.4) is 0 Å². The molecule has 1 fully saturated rings. The molecule has 5 nitrogen and oxygen atoms in total. The van der Waals surface area contributed by atoms with Gasteiger partial charge in [-0.3, -0.25) is 9.69 Å². The zero-order chi connectivity index (χ0) is 17.4. The summed E-state index contributed by atoms with van der Waals surface area (Å²) >= 11 is 0. The van der Waals surface area contributed by atoms with Gasteiger partial charge in [0.25, 0.3) is 5.91 Å². The SMILES string of the molecule is CN1CCN(CCN(C)C(=O)c2ccc3[nH]c4c(c3c2)CCC4)CC1. The number of hydrogen-bond donors (Lipinski definition) is 1. The van der Waals surface area contributed by atoms with E-state index in [-0.39, 0.29) is 5.91 Å². The molecule has 4 rings (SSSR count). The summed E-state index contributed by atoms with van der Waals surface area (Å²) in [5, 5.41) is 1.24. The Bertz CT molecular complexity index is 773. The number of piperazine rings is 1. The molecule has 0 spiro atoms. The van der Waals surface area contributed by atoms with Crippen LogP contribution in [0.25, 0.3) is 10.9 Å². The maximum Gasteiger partial charge on any atom is 0.253 e. The number of amides is 1. The van der Waals surface area contributed by atoms with Crippen LogP contribution in [0.15, 0.2) is 18.2 Å². The summed E-state index contributed by atoms with van der Waals surface area (Å²) in [4.78, 5) is 23.0. The van der Waals surface area contributed by atoms with Gasteiger partial charge in [-0.1, -0.05) is 0 Å². The Balaban J connectivity index is 1.42. The number of nitrogens with one attached hydrogen (secondary N) is 1. The molecule has 2 aliphatic rings. The molecule has 1 aliphatic heterocycles. The van der Waals surface area contributed by atoms with Crippen molar-refractivity contribution >= 4 is 16.8 Å². The molecule has 5 heteroatoms. The van der Waals surface area contributed by atoms with E-state index in [9.17, 15) is 4.79 Å². The molecule has 1 N–H and O–H groups in total. The van der Waals surface area contributed by atoms with E-state index >= 15 is 0 Å². The quantitative estimate of drug-likeness (QED) is 0.925. The lowest BCUT2D eigenvalue weighted by Gasteiger charge is -2.33. The second-order valence-corrected chi connectivity index (χ2v) is 7.57. The molecule has 25 heavy (non-hydrogen) atoms. The molecular weight excluding hydrogens is 312 g/mol. The Morgan fingerprint density at radius 1 is 1.20 bits per heavy atom. The second-order valence-electron chi connectivity index (χ2n) is 7.57. The zero-order valence-electron chi connectivity index (χ0n) is 15.3. The number of rotatable bonds is 4. The molecule has 2 heterocycles. The van der Waals surface area contributed by atoms with Gasteiger partial charge in [0.1, 0.15) is 0 Å². The van der Waals surface area contributed by atoms with E-state index in [0.29, 0.717) is 0 Å². The number of carbonyl (C=O) groups is 1. The van der Waals surface area contributed by atoms with Crippen molar-refractivity contribution in [3.05, 3.63) is 35.0 Å². The van der Waals surface area contributed by atoms with Crippen molar-refractivity contribution in [2.45, 2.75) is 19.3 Å². The van der Waals surface area contributed by atoms with Crippen LogP contribution in [-0.2, 0) is 12.8 Å². The number of aromatic nitrogens is 1. The van der Waals surface area contributed by atoms with Crippen molar-refractivity contribution in [3.63, 3.8) is 0 Å². The molecular formula is C20H28N4O. The van der Waals surface area contributed by atoms with Crippen LogP contribution in [-0.4, -0.2) is 79.0 Å². The molecule has 0 unspecified atom stereocenters. The fraction of sp³-hybridized carbons (Fsp3) is 0.550. The van der Waals surface area contributed by atoms with Crippen molar-refractivity contribution in [2.24, 2.45) is 0 Å². The highest BCUT2D eigenvalue weighted by Crippen LogP contribution is 2.30. The average Bonchev–Trinajstić information content (AvgIpc) is 3.21. The Kier molecular flexibility index (Phi) is 4.52. The van der Waals surface area contributed by atoms with E-state index < -0.39 is 0 Å². The van der Waals surface area contributed by atoms with Crippen LogP contribution in [0.1, 0.15) is 28.0 Å². The minimum atomic E-state index is 0.129. The van der Waals surface area contributed by atoms with E-state index in [2.05, 4.69) is 34.0 Å². The molecule has 0 bridgehead atoms. The third-order valence-electron chi connectivity index (χ3n) is 5.79. The van der Waals surface area contributed by atoms with E-state index in [4.69, 9.17) is 0 Å². The second kappa shape index (κ2) is 6.81. The number of benzene rings is 1. The highest BCUT2D eigenvalue weighted by atomic mass is 16.2. The minimum Gasteiger partial charge on any atom is -0.358 e. The van der Waals surface area contributed by atoms with Crippen LogP contribution >= 0.6 is 0 Å². The molecule has 1 aliphatic carbocycles. The third-order valence-corrected chi connectivity index (χ3v) is 5.79. The smallest absolute Gasteiger partial charge is 0.253 e. The lowest BCUT2D eigenvalue weighted by molar-refractivity contribution is 0.0760. The van der Waals surface area contributed by atoms with Crippen molar-refractivity contribution in [1.82, 2.24) is 19.7 Å². The normalized spacial score (nSPS) is 18.6. The summed E-state index contributed by atoms with van der Waals surface area (Å²) < 4.78 is 0. The van der Waals surface area contributed by atoms with Crippen molar-refractivity contribution in [3.8, 4) is 0 Å². The van der Waals surface area contributed by atoms with Gasteiger partial charge in [-0.2, -0.15) is 0 Å². The van der Waals surface area contributed by atoms with Gasteiger partial charge < -0.3 is 14.8 Å². The molecule has 0 radical (unpaired) electrons. The number of likely N-dealkylation sites (N-methyl/N-ethyl adjacent to an activating group) is 2. The number of hydrogen-bond acceptors (Lipinski definition) is 3. The monoisotopic (exact) mass is 340 g/mol. The summed E-state index contributed by atoms with van der Waals surface area (Å²) in [6.07, 6.45) is 3.49. The minimum absolute atomic E-state index is 0.129. The van der Waals surface area contributed by atoms with Crippen LogP contribution < -0.4 is 0 Å². The van der Waals surface area contributed by atoms with Crippen LogP contribution in [0, 0.1) is 0 Å². The molecule has 1 amide bonds. The predicted molar refractivity (Wildman–Crippen MR) is 101 cm³/mol. The van der Waals surface area contributed by atoms with E-state index in [1.54, 1.807) is 0 Å². The maximum atomic E-state index is 12.8. The summed E-state index contributed by atoms with van der Waals surface area (Å²) in [5.74, 6) is 0.129. The van der Waals surface area contributed by atoms with Crippen LogP contribution in [0.5, 0.6) is 0 Å². The lowest BCUT2D eigenvalue weighted by atomic mass is 10.1. The summed E-state index contributed by atoms with van der Waals surface area (Å²) in [6.45, 7) is 6.17. The molecule has 134 valence electrons. The van der Waals surface area contributed by atoms with Gasteiger partial charge in [0.05, 0.1) is 0 Å². The van der Waals surface area contributed by atoms with Crippen molar-refractivity contribution in [2.75, 3.05) is 53.4 Å². The predicted octanol–water partition coefficient (Wildman–Crippen LogP) is 1.98. The highest BCUT2D eigenvalue weighted by molar-refractivity contribution is 5.99. The number of H-pyrrole nitrogens is 1. The number of aryl methyl sites for hydroxylation is 2. The standard InChI is InChI=1S/C20H28N4O/c1-22-8-11-24(12-9-22)13-10-23(2)20(25)15-6-7-19-17(14-15)16-4-3-5-18(16)21-19/h6-7,14,21H,3-5,8-13H2,1-2H3. The number of carbonyl (C=O) groups excluding carboxylic acids is 1. The highest BCUT2D eigenvalue weighted by Gasteiger charge is 2.20. The van der Waals surface area contributed by atoms with Gasteiger partial charge in [-0.05, 0) is 50.1 Å². The molecule has 0 saturated carbocycles. The molecule has 0 atom stereocenters. The van der Waals surface area contributed by atoms with Crippen molar-refractivity contribution < 1.29 is 4.79 Å². The van der Waals surface area contributed by atoms with Gasteiger partial charge in [-0.15, -0.1) is 0 Å². The first-order valence-electron chi connectivity index (χ1n) is 9.41. The average molecular weight is 340 g/mol. The van der Waals surface area contributed by atoms with E-state index in [0.717, 1.165) is 57.7 Å². The van der Waals surface area contributed by atoms with Gasteiger partial charge >= 0.3 is 0 Å². The third kappa shape index (κ3) is 3.31. The summed E-state index contributed by atoms with van der Waals surface area (Å²) in [5.41, 5.74) is 4.76. The summed E-state index contributed by atoms with van der Waals surface area (Å²) in [6, 6.07) is 6.11.